The van der Waals surface area contributed by atoms with Gasteiger partial charge in [-0.05, 0) is 22.0 Å². The van der Waals surface area contributed by atoms with Crippen molar-refractivity contribution in [2.24, 2.45) is 0 Å². The number of hydrogen-bond acceptors (Lipinski definition) is 5. The van der Waals surface area contributed by atoms with Gasteiger partial charge in [0.05, 0.1) is 16.5 Å². The number of methoxy groups -OCH3 is 1. The summed E-state index contributed by atoms with van der Waals surface area (Å²) in [6.45, 7) is 0. The lowest BCUT2D eigenvalue weighted by Gasteiger charge is -2.05. The van der Waals surface area contributed by atoms with Crippen molar-refractivity contribution in [3.8, 4) is 0 Å². The molecule has 0 unspecified atom stereocenters. The summed E-state index contributed by atoms with van der Waals surface area (Å²) in [5, 5.41) is 10.7. The molecule has 0 atom stereocenters. The number of aromatic nitrogens is 1. The van der Waals surface area contributed by atoms with Crippen LogP contribution in [0.4, 0.5) is 14.5 Å². The van der Waals surface area contributed by atoms with Crippen LogP contribution in [0.25, 0.3) is 0 Å². The Bertz CT molecular complexity index is 481. The molecule has 6 nitrogen and oxygen atoms in total. The van der Waals surface area contributed by atoms with E-state index in [9.17, 15) is 23.7 Å². The van der Waals surface area contributed by atoms with Crippen LogP contribution >= 0.6 is 15.9 Å². The summed E-state index contributed by atoms with van der Waals surface area (Å²) in [5.41, 5.74) is -2.22. The molecule has 1 heterocycles. The first-order valence-electron chi connectivity index (χ1n) is 4.09. The number of nitrogens with zero attached hydrogens (tertiary/aromatic N) is 2. The summed E-state index contributed by atoms with van der Waals surface area (Å²) in [7, 11) is 0.969. The molecule has 92 valence electrons. The fourth-order valence-corrected chi connectivity index (χ4v) is 1.62. The fraction of sp³-hybridized carbons (Fsp3) is 0.250. The number of hydrogen-bond donors (Lipinski definition) is 0. The molecule has 0 aliphatic heterocycles. The Morgan fingerprint density at radius 3 is 2.65 bits per heavy atom. The zero-order chi connectivity index (χ0) is 13.2. The predicted octanol–water partition coefficient (Wildman–Crippen LogP) is 2.48. The SMILES string of the molecule is COC(=O)c1nc(C(F)F)cc(Br)c1[N+](=O)[O-]. The third kappa shape index (κ3) is 2.73. The second kappa shape index (κ2) is 5.13. The first-order valence-corrected chi connectivity index (χ1v) is 4.89. The predicted molar refractivity (Wildman–Crippen MR) is 54.9 cm³/mol. The van der Waals surface area contributed by atoms with Gasteiger partial charge in [0, 0.05) is 0 Å². The molecule has 9 heteroatoms. The first kappa shape index (κ1) is 13.4. The maximum atomic E-state index is 12.4. The number of carbonyl (C=O) groups excluding carboxylic acids is 1. The van der Waals surface area contributed by atoms with Gasteiger partial charge in [0.2, 0.25) is 5.69 Å². The van der Waals surface area contributed by atoms with Crippen molar-refractivity contribution < 1.29 is 23.2 Å². The van der Waals surface area contributed by atoms with Gasteiger partial charge in [0.1, 0.15) is 5.69 Å². The van der Waals surface area contributed by atoms with E-state index in [-0.39, 0.29) is 4.47 Å². The number of alkyl halides is 2. The number of carbonyl (C=O) groups is 1. The van der Waals surface area contributed by atoms with E-state index in [1.54, 1.807) is 0 Å². The molecule has 1 aromatic rings. The maximum Gasteiger partial charge on any atom is 0.363 e. The normalized spacial score (nSPS) is 10.4. The average Bonchev–Trinajstić information content (AvgIpc) is 2.26. The minimum Gasteiger partial charge on any atom is -0.464 e. The lowest BCUT2D eigenvalue weighted by atomic mass is 10.2. The largest absolute Gasteiger partial charge is 0.464 e. The second-order valence-electron chi connectivity index (χ2n) is 2.78. The molecule has 0 aliphatic rings. The van der Waals surface area contributed by atoms with Gasteiger partial charge in [-0.1, -0.05) is 0 Å². The number of halogens is 3. The van der Waals surface area contributed by atoms with E-state index >= 15 is 0 Å². The number of rotatable bonds is 3. The maximum absolute atomic E-state index is 12.4. The highest BCUT2D eigenvalue weighted by atomic mass is 79.9. The second-order valence-corrected chi connectivity index (χ2v) is 3.63. The van der Waals surface area contributed by atoms with Crippen LogP contribution in [0.5, 0.6) is 0 Å². The summed E-state index contributed by atoms with van der Waals surface area (Å²) < 4.78 is 28.8. The molecule has 0 aromatic carbocycles. The summed E-state index contributed by atoms with van der Waals surface area (Å²) in [5.74, 6) is -1.15. The van der Waals surface area contributed by atoms with Crippen LogP contribution in [0.2, 0.25) is 0 Å². The Morgan fingerprint density at radius 1 is 1.65 bits per heavy atom. The van der Waals surface area contributed by atoms with Gasteiger partial charge in [-0.25, -0.2) is 18.6 Å². The van der Waals surface area contributed by atoms with E-state index in [1.807, 2.05) is 0 Å². The highest BCUT2D eigenvalue weighted by Gasteiger charge is 2.29. The molecule has 0 spiro atoms. The fourth-order valence-electron chi connectivity index (χ4n) is 1.05. The van der Waals surface area contributed by atoms with Gasteiger partial charge in [-0.2, -0.15) is 0 Å². The smallest absolute Gasteiger partial charge is 0.363 e. The average molecular weight is 311 g/mol. The molecule has 0 saturated carbocycles. The minimum absolute atomic E-state index is 0.256. The molecule has 1 aromatic heterocycles. The minimum atomic E-state index is -2.95. The molecule has 0 aliphatic carbocycles. The summed E-state index contributed by atoms with van der Waals surface area (Å²) in [6.07, 6.45) is -2.95. The molecule has 1 rings (SSSR count). The van der Waals surface area contributed by atoms with Gasteiger partial charge >= 0.3 is 11.7 Å². The first-order chi connectivity index (χ1) is 7.88. The van der Waals surface area contributed by atoms with Crippen molar-refractivity contribution in [3.63, 3.8) is 0 Å². The van der Waals surface area contributed by atoms with Crippen molar-refractivity contribution >= 4 is 27.6 Å². The zero-order valence-electron chi connectivity index (χ0n) is 8.32. The van der Waals surface area contributed by atoms with Gasteiger partial charge in [-0.15, -0.1) is 0 Å². The Kier molecular flexibility index (Phi) is 4.05. The van der Waals surface area contributed by atoms with Crippen molar-refractivity contribution in [1.82, 2.24) is 4.98 Å². The Balaban J connectivity index is 3.50. The zero-order valence-corrected chi connectivity index (χ0v) is 9.90. The van der Waals surface area contributed by atoms with E-state index in [2.05, 4.69) is 25.7 Å². The molecular formula is C8H5BrF2N2O4. The number of nitro groups is 1. The van der Waals surface area contributed by atoms with Crippen LogP contribution in [-0.2, 0) is 4.74 Å². The standard InChI is InChI=1S/C8H5BrF2N2O4/c1-17-8(14)5-6(13(15)16)3(9)2-4(12-5)7(10)11/h2,7H,1H3. The van der Waals surface area contributed by atoms with Crippen molar-refractivity contribution in [1.29, 1.82) is 0 Å². The number of pyridine rings is 1. The molecule has 0 amide bonds. The van der Waals surface area contributed by atoms with E-state index in [0.717, 1.165) is 13.2 Å². The van der Waals surface area contributed by atoms with E-state index in [0.29, 0.717) is 0 Å². The van der Waals surface area contributed by atoms with E-state index in [4.69, 9.17) is 0 Å². The third-order valence-corrected chi connectivity index (χ3v) is 2.36. The van der Waals surface area contributed by atoms with Crippen molar-refractivity contribution in [2.45, 2.75) is 6.43 Å². The van der Waals surface area contributed by atoms with Crippen LogP contribution in [0, 0.1) is 10.1 Å². The van der Waals surface area contributed by atoms with E-state index < -0.39 is 34.4 Å². The molecule has 0 bridgehead atoms. The van der Waals surface area contributed by atoms with Crippen LogP contribution in [0.15, 0.2) is 10.5 Å². The van der Waals surface area contributed by atoms with Crippen LogP contribution in [0.1, 0.15) is 22.6 Å². The van der Waals surface area contributed by atoms with E-state index in [1.165, 1.54) is 0 Å². The lowest BCUT2D eigenvalue weighted by Crippen LogP contribution is -2.11. The van der Waals surface area contributed by atoms with Crippen molar-refractivity contribution in [2.75, 3.05) is 7.11 Å². The molecule has 0 fully saturated rings. The summed E-state index contributed by atoms with van der Waals surface area (Å²) >= 11 is 2.74. The Morgan fingerprint density at radius 2 is 2.24 bits per heavy atom. The monoisotopic (exact) mass is 310 g/mol. The summed E-state index contributed by atoms with van der Waals surface area (Å²) in [4.78, 5) is 24.2. The van der Waals surface area contributed by atoms with Crippen LogP contribution in [-0.4, -0.2) is 23.0 Å². The molecule has 0 saturated heterocycles. The topological polar surface area (TPSA) is 82.3 Å². The molecular weight excluding hydrogens is 306 g/mol. The highest BCUT2D eigenvalue weighted by molar-refractivity contribution is 9.10. The molecule has 0 N–H and O–H groups in total. The number of ether oxygens (including phenoxy) is 1. The Labute approximate surface area is 102 Å². The third-order valence-electron chi connectivity index (χ3n) is 1.75. The number of esters is 1. The van der Waals surface area contributed by atoms with Crippen LogP contribution in [0.3, 0.4) is 0 Å². The Hall–Kier alpha value is -1.64. The van der Waals surface area contributed by atoms with Gasteiger partial charge in [0.15, 0.2) is 0 Å². The highest BCUT2D eigenvalue weighted by Crippen LogP contribution is 2.31. The van der Waals surface area contributed by atoms with Crippen LogP contribution < -0.4 is 0 Å². The quantitative estimate of drug-likeness (QED) is 0.486. The molecule has 17 heavy (non-hydrogen) atoms. The van der Waals surface area contributed by atoms with Gasteiger partial charge in [-0.3, -0.25) is 10.1 Å². The van der Waals surface area contributed by atoms with Crippen molar-refractivity contribution in [3.05, 3.63) is 32.0 Å². The van der Waals surface area contributed by atoms with Gasteiger partial charge < -0.3 is 4.74 Å². The summed E-state index contributed by atoms with van der Waals surface area (Å²) in [6, 6.07) is 0.787. The lowest BCUT2D eigenvalue weighted by molar-refractivity contribution is -0.386. The molecule has 0 radical (unpaired) electrons. The van der Waals surface area contributed by atoms with Gasteiger partial charge in [0.25, 0.3) is 6.43 Å².